The largest absolute Gasteiger partial charge is 0.508 e. The lowest BCUT2D eigenvalue weighted by molar-refractivity contribution is -0.128. The second-order valence-corrected chi connectivity index (χ2v) is 9.00. The number of pyridine rings is 1. The number of amides is 1. The zero-order valence-electron chi connectivity index (χ0n) is 18.1. The number of nitrogens with one attached hydrogen (secondary N) is 1. The van der Waals surface area contributed by atoms with Crippen LogP contribution in [0.4, 0.5) is 0 Å². The number of phenols is 1. The molecule has 2 fully saturated rings. The average Bonchev–Trinajstić information content (AvgIpc) is 2.80. The molecule has 4 rings (SSSR count). The number of benzene rings is 1. The van der Waals surface area contributed by atoms with Gasteiger partial charge in [0.25, 0.3) is 0 Å². The molecule has 0 spiro atoms. The van der Waals surface area contributed by atoms with Gasteiger partial charge in [0.1, 0.15) is 11.5 Å². The molecule has 2 heterocycles. The second-order valence-electron chi connectivity index (χ2n) is 9.00. The Hall–Kier alpha value is -2.60. The van der Waals surface area contributed by atoms with Crippen molar-refractivity contribution in [2.24, 2.45) is 11.8 Å². The Kier molecular flexibility index (Phi) is 7.41. The number of piperidine rings is 1. The minimum atomic E-state index is -0.0321. The lowest BCUT2D eigenvalue weighted by Crippen LogP contribution is -2.49. The van der Waals surface area contributed by atoms with Crippen molar-refractivity contribution in [1.29, 1.82) is 0 Å². The van der Waals surface area contributed by atoms with E-state index in [0.29, 0.717) is 12.6 Å². The number of aromatic nitrogens is 1. The molecule has 2 aliphatic rings. The first-order chi connectivity index (χ1) is 15.2. The number of carbonyl (C=O) groups excluding carboxylic acids is 1. The maximum Gasteiger partial charge on any atom is 0.224 e. The maximum atomic E-state index is 13.1. The van der Waals surface area contributed by atoms with Gasteiger partial charge in [-0.1, -0.05) is 31.4 Å². The van der Waals surface area contributed by atoms with Crippen molar-refractivity contribution in [3.05, 3.63) is 54.4 Å². The molecule has 31 heavy (non-hydrogen) atoms. The summed E-state index contributed by atoms with van der Waals surface area (Å²) in [5.41, 5.74) is 1.14. The highest BCUT2D eigenvalue weighted by atomic mass is 16.5. The molecule has 0 radical (unpaired) electrons. The van der Waals surface area contributed by atoms with E-state index < -0.39 is 0 Å². The lowest BCUT2D eigenvalue weighted by atomic mass is 9.87. The number of aromatic hydroxyl groups is 1. The Morgan fingerprint density at radius 3 is 2.68 bits per heavy atom. The molecular formula is C25H33N3O3. The fraction of sp³-hybridized carbons (Fsp3) is 0.520. The van der Waals surface area contributed by atoms with Crippen molar-refractivity contribution in [3.8, 4) is 11.5 Å². The van der Waals surface area contributed by atoms with Crippen LogP contribution in [0.3, 0.4) is 0 Å². The Morgan fingerprint density at radius 1 is 1.13 bits per heavy atom. The highest BCUT2D eigenvalue weighted by Crippen LogP contribution is 2.26. The molecule has 2 aromatic rings. The summed E-state index contributed by atoms with van der Waals surface area (Å²) in [5.74, 6) is 1.47. The molecule has 0 bridgehead atoms. The van der Waals surface area contributed by atoms with E-state index in [-0.39, 0.29) is 23.5 Å². The van der Waals surface area contributed by atoms with Crippen LogP contribution in [-0.2, 0) is 11.3 Å². The number of nitrogens with zero attached hydrogens (tertiary/aromatic N) is 2. The summed E-state index contributed by atoms with van der Waals surface area (Å²) >= 11 is 0. The summed E-state index contributed by atoms with van der Waals surface area (Å²) in [6.07, 6.45) is 10.2. The van der Waals surface area contributed by atoms with Crippen molar-refractivity contribution in [3.63, 3.8) is 0 Å². The zero-order valence-corrected chi connectivity index (χ0v) is 18.1. The molecule has 1 saturated heterocycles. The molecule has 1 aromatic carbocycles. The van der Waals surface area contributed by atoms with Gasteiger partial charge in [-0.3, -0.25) is 14.7 Å². The Labute approximate surface area is 184 Å². The fourth-order valence-electron chi connectivity index (χ4n) is 4.81. The summed E-state index contributed by atoms with van der Waals surface area (Å²) in [6.45, 7) is 2.97. The topological polar surface area (TPSA) is 74.7 Å². The normalized spacial score (nSPS) is 22.7. The maximum absolute atomic E-state index is 13.1. The van der Waals surface area contributed by atoms with Gasteiger partial charge in [0.2, 0.25) is 5.91 Å². The third-order valence-corrected chi connectivity index (χ3v) is 6.40. The Bertz CT molecular complexity index is 822. The molecule has 0 unspecified atom stereocenters. The van der Waals surface area contributed by atoms with E-state index in [1.165, 1.54) is 19.3 Å². The second kappa shape index (κ2) is 10.6. The predicted molar refractivity (Wildman–Crippen MR) is 120 cm³/mol. The monoisotopic (exact) mass is 423 g/mol. The van der Waals surface area contributed by atoms with Crippen LogP contribution in [0.15, 0.2) is 48.8 Å². The molecule has 2 atom stereocenters. The number of phenolic OH excluding ortho intramolecular Hbond substituents is 1. The molecule has 166 valence electrons. The van der Waals surface area contributed by atoms with Crippen LogP contribution >= 0.6 is 0 Å². The highest BCUT2D eigenvalue weighted by molar-refractivity contribution is 5.79. The summed E-state index contributed by atoms with van der Waals surface area (Å²) in [7, 11) is 0. The van der Waals surface area contributed by atoms with Crippen LogP contribution in [0.1, 0.15) is 44.1 Å². The minimum Gasteiger partial charge on any atom is -0.508 e. The van der Waals surface area contributed by atoms with Crippen molar-refractivity contribution < 1.29 is 14.6 Å². The van der Waals surface area contributed by atoms with E-state index in [1.54, 1.807) is 24.5 Å². The molecule has 1 aliphatic heterocycles. The van der Waals surface area contributed by atoms with Gasteiger partial charge in [-0.05, 0) is 49.1 Å². The summed E-state index contributed by atoms with van der Waals surface area (Å²) < 4.78 is 5.98. The molecular weight excluding hydrogens is 390 g/mol. The first-order valence-corrected chi connectivity index (χ1v) is 11.5. The molecule has 1 aromatic heterocycles. The summed E-state index contributed by atoms with van der Waals surface area (Å²) in [4.78, 5) is 19.6. The number of carbonyl (C=O) groups is 1. The van der Waals surface area contributed by atoms with Crippen LogP contribution < -0.4 is 10.1 Å². The quantitative estimate of drug-likeness (QED) is 0.709. The van der Waals surface area contributed by atoms with Crippen LogP contribution in [0.2, 0.25) is 0 Å². The van der Waals surface area contributed by atoms with Gasteiger partial charge in [0.05, 0.1) is 18.7 Å². The third-order valence-electron chi connectivity index (χ3n) is 6.40. The van der Waals surface area contributed by atoms with Gasteiger partial charge in [-0.15, -0.1) is 0 Å². The molecule has 1 amide bonds. The van der Waals surface area contributed by atoms with E-state index >= 15 is 0 Å². The number of ether oxygens (including phenoxy) is 1. The van der Waals surface area contributed by atoms with Gasteiger partial charge in [0, 0.05) is 37.8 Å². The van der Waals surface area contributed by atoms with Crippen molar-refractivity contribution in [1.82, 2.24) is 15.2 Å². The SMILES string of the molecule is O=C(NC1CCCCC1)[C@@H]1C[C@H](COc2cccnc2)CN(Cc2ccc(O)cc2)C1. The Morgan fingerprint density at radius 2 is 1.94 bits per heavy atom. The van der Waals surface area contributed by atoms with Crippen molar-refractivity contribution >= 4 is 5.91 Å². The van der Waals surface area contributed by atoms with Crippen LogP contribution in [0, 0.1) is 11.8 Å². The predicted octanol–water partition coefficient (Wildman–Crippen LogP) is 3.75. The zero-order chi connectivity index (χ0) is 21.5. The molecule has 6 nitrogen and oxygen atoms in total. The smallest absolute Gasteiger partial charge is 0.224 e. The van der Waals surface area contributed by atoms with Crippen molar-refractivity contribution in [2.45, 2.75) is 51.1 Å². The van der Waals surface area contributed by atoms with E-state index in [0.717, 1.165) is 50.2 Å². The highest BCUT2D eigenvalue weighted by Gasteiger charge is 2.33. The molecule has 1 aliphatic carbocycles. The first kappa shape index (κ1) is 21.6. The van der Waals surface area contributed by atoms with Crippen LogP contribution in [0.5, 0.6) is 11.5 Å². The lowest BCUT2D eigenvalue weighted by Gasteiger charge is -2.38. The summed E-state index contributed by atoms with van der Waals surface area (Å²) in [5, 5.41) is 12.9. The Balaban J connectivity index is 1.40. The van der Waals surface area contributed by atoms with E-state index in [4.69, 9.17) is 4.74 Å². The third kappa shape index (κ3) is 6.44. The van der Waals surface area contributed by atoms with Crippen LogP contribution in [0.25, 0.3) is 0 Å². The van der Waals surface area contributed by atoms with E-state index in [1.807, 2.05) is 24.3 Å². The van der Waals surface area contributed by atoms with Gasteiger partial charge in [-0.2, -0.15) is 0 Å². The van der Waals surface area contributed by atoms with Crippen molar-refractivity contribution in [2.75, 3.05) is 19.7 Å². The van der Waals surface area contributed by atoms with Gasteiger partial charge < -0.3 is 15.2 Å². The molecule has 1 saturated carbocycles. The standard InChI is InChI=1S/C25H33N3O3/c29-23-10-8-19(9-11-23)15-28-16-20(18-31-24-7-4-12-26-14-24)13-21(17-28)25(30)27-22-5-2-1-3-6-22/h4,7-12,14,20-22,29H,1-3,5-6,13,15-18H2,(H,27,30)/t20-,21+/m0/s1. The number of hydrogen-bond acceptors (Lipinski definition) is 5. The van der Waals surface area contributed by atoms with Crippen LogP contribution in [-0.4, -0.2) is 46.6 Å². The summed E-state index contributed by atoms with van der Waals surface area (Å²) in [6, 6.07) is 11.4. The van der Waals surface area contributed by atoms with Gasteiger partial charge in [0.15, 0.2) is 0 Å². The fourth-order valence-corrected chi connectivity index (χ4v) is 4.81. The van der Waals surface area contributed by atoms with E-state index in [9.17, 15) is 9.90 Å². The number of hydrogen-bond donors (Lipinski definition) is 2. The minimum absolute atomic E-state index is 0.0321. The molecule has 6 heteroatoms. The van der Waals surface area contributed by atoms with E-state index in [2.05, 4.69) is 15.2 Å². The van der Waals surface area contributed by atoms with Gasteiger partial charge in [-0.25, -0.2) is 0 Å². The number of likely N-dealkylation sites (tertiary alicyclic amines) is 1. The number of rotatable bonds is 7. The van der Waals surface area contributed by atoms with Gasteiger partial charge >= 0.3 is 0 Å². The average molecular weight is 424 g/mol. The first-order valence-electron chi connectivity index (χ1n) is 11.5. The molecule has 2 N–H and O–H groups in total.